The fraction of sp³-hybridized carbons (Fsp3) is 0.438. The highest BCUT2D eigenvalue weighted by Gasteiger charge is 2.16. The van der Waals surface area contributed by atoms with E-state index in [-0.39, 0.29) is 0 Å². The van der Waals surface area contributed by atoms with Crippen molar-refractivity contribution in [2.24, 2.45) is 7.05 Å². The molecular formula is C16H22ClN3. The predicted molar refractivity (Wildman–Crippen MR) is 85.5 cm³/mol. The third-order valence-corrected chi connectivity index (χ3v) is 4.10. The van der Waals surface area contributed by atoms with E-state index in [2.05, 4.69) is 56.3 Å². The van der Waals surface area contributed by atoms with Gasteiger partial charge in [0.15, 0.2) is 0 Å². The molecule has 0 bridgehead atoms. The van der Waals surface area contributed by atoms with Crippen LogP contribution >= 0.6 is 11.6 Å². The third kappa shape index (κ3) is 2.98. The Balaban J connectivity index is 2.20. The van der Waals surface area contributed by atoms with Crippen molar-refractivity contribution in [2.75, 3.05) is 5.32 Å². The molecule has 4 heteroatoms. The monoisotopic (exact) mass is 291 g/mol. The van der Waals surface area contributed by atoms with Gasteiger partial charge in [0.1, 0.15) is 5.15 Å². The molecule has 0 fully saturated rings. The van der Waals surface area contributed by atoms with E-state index in [0.717, 1.165) is 16.9 Å². The summed E-state index contributed by atoms with van der Waals surface area (Å²) in [6, 6.07) is 6.39. The van der Waals surface area contributed by atoms with Gasteiger partial charge in [-0.3, -0.25) is 4.68 Å². The van der Waals surface area contributed by atoms with Crippen LogP contribution in [-0.4, -0.2) is 9.78 Å². The summed E-state index contributed by atoms with van der Waals surface area (Å²) in [4.78, 5) is 0. The van der Waals surface area contributed by atoms with Crippen LogP contribution in [0.3, 0.4) is 0 Å². The van der Waals surface area contributed by atoms with Crippen LogP contribution in [0.25, 0.3) is 0 Å². The molecule has 0 radical (unpaired) electrons. The quantitative estimate of drug-likeness (QED) is 0.903. The topological polar surface area (TPSA) is 29.9 Å². The van der Waals surface area contributed by atoms with Gasteiger partial charge in [0.05, 0.1) is 5.69 Å². The molecule has 1 N–H and O–H groups in total. The summed E-state index contributed by atoms with van der Waals surface area (Å²) in [6.07, 6.45) is 0. The minimum atomic E-state index is 0.366. The van der Waals surface area contributed by atoms with E-state index >= 15 is 0 Å². The molecule has 0 saturated carbocycles. The van der Waals surface area contributed by atoms with Crippen molar-refractivity contribution in [3.8, 4) is 0 Å². The number of aryl methyl sites for hydroxylation is 3. The van der Waals surface area contributed by atoms with Gasteiger partial charge < -0.3 is 5.32 Å². The largest absolute Gasteiger partial charge is 0.381 e. The number of rotatable bonds is 4. The second-order valence-electron chi connectivity index (χ2n) is 5.59. The Kier molecular flexibility index (Phi) is 4.39. The lowest BCUT2D eigenvalue weighted by atomic mass is 10.1. The van der Waals surface area contributed by atoms with Crippen LogP contribution in [0.2, 0.25) is 5.15 Å². The smallest absolute Gasteiger partial charge is 0.131 e. The molecule has 0 aliphatic heterocycles. The number of nitrogens with one attached hydrogen (secondary N) is 1. The van der Waals surface area contributed by atoms with E-state index in [1.54, 1.807) is 4.68 Å². The fourth-order valence-electron chi connectivity index (χ4n) is 2.24. The number of hydrogen-bond donors (Lipinski definition) is 1. The standard InChI is InChI=1S/C16H22ClN3/c1-10(2)15-14(16(17)20(5)19-15)9-18-13-7-6-11(3)12(4)8-13/h6-8,10,18H,9H2,1-5H3. The summed E-state index contributed by atoms with van der Waals surface area (Å²) < 4.78 is 1.74. The van der Waals surface area contributed by atoms with Crippen LogP contribution in [0.4, 0.5) is 5.69 Å². The zero-order valence-electron chi connectivity index (χ0n) is 12.8. The molecule has 1 aromatic carbocycles. The van der Waals surface area contributed by atoms with Gasteiger partial charge in [-0.1, -0.05) is 31.5 Å². The van der Waals surface area contributed by atoms with Crippen molar-refractivity contribution >= 4 is 17.3 Å². The first kappa shape index (κ1) is 14.9. The Morgan fingerprint density at radius 2 is 1.95 bits per heavy atom. The highest BCUT2D eigenvalue weighted by molar-refractivity contribution is 6.30. The van der Waals surface area contributed by atoms with Crippen molar-refractivity contribution in [1.29, 1.82) is 0 Å². The van der Waals surface area contributed by atoms with Gasteiger partial charge in [-0.05, 0) is 43.0 Å². The third-order valence-electron chi connectivity index (χ3n) is 3.62. The van der Waals surface area contributed by atoms with Crippen LogP contribution in [-0.2, 0) is 13.6 Å². The predicted octanol–water partition coefficient (Wildman–Crippen LogP) is 4.43. The van der Waals surface area contributed by atoms with Gasteiger partial charge in [0.2, 0.25) is 0 Å². The molecule has 0 aliphatic carbocycles. The van der Waals surface area contributed by atoms with E-state index < -0.39 is 0 Å². The van der Waals surface area contributed by atoms with Gasteiger partial charge in [0, 0.05) is 24.8 Å². The van der Waals surface area contributed by atoms with E-state index in [9.17, 15) is 0 Å². The molecule has 108 valence electrons. The molecule has 1 heterocycles. The molecule has 0 saturated heterocycles. The normalized spacial score (nSPS) is 11.2. The van der Waals surface area contributed by atoms with Crippen LogP contribution in [0.15, 0.2) is 18.2 Å². The molecule has 3 nitrogen and oxygen atoms in total. The van der Waals surface area contributed by atoms with E-state index in [0.29, 0.717) is 17.6 Å². The molecule has 0 atom stereocenters. The van der Waals surface area contributed by atoms with Crippen LogP contribution < -0.4 is 5.32 Å². The maximum Gasteiger partial charge on any atom is 0.131 e. The summed E-state index contributed by atoms with van der Waals surface area (Å²) >= 11 is 6.34. The highest BCUT2D eigenvalue weighted by Crippen LogP contribution is 2.26. The van der Waals surface area contributed by atoms with Crippen LogP contribution in [0.5, 0.6) is 0 Å². The van der Waals surface area contributed by atoms with Gasteiger partial charge in [-0.25, -0.2) is 0 Å². The zero-order valence-corrected chi connectivity index (χ0v) is 13.5. The number of halogens is 1. The summed E-state index contributed by atoms with van der Waals surface area (Å²) in [5.41, 5.74) is 5.85. The Morgan fingerprint density at radius 1 is 1.25 bits per heavy atom. The Hall–Kier alpha value is -1.48. The Morgan fingerprint density at radius 3 is 2.55 bits per heavy atom. The van der Waals surface area contributed by atoms with Crippen molar-refractivity contribution in [2.45, 2.75) is 40.2 Å². The SMILES string of the molecule is Cc1ccc(NCc2c(C(C)C)nn(C)c2Cl)cc1C. The molecule has 0 amide bonds. The Labute approximate surface area is 126 Å². The number of benzene rings is 1. The number of anilines is 1. The van der Waals surface area contributed by atoms with Crippen molar-refractivity contribution < 1.29 is 0 Å². The molecule has 20 heavy (non-hydrogen) atoms. The minimum absolute atomic E-state index is 0.366. The zero-order chi connectivity index (χ0) is 14.9. The fourth-order valence-corrected chi connectivity index (χ4v) is 2.44. The highest BCUT2D eigenvalue weighted by atomic mass is 35.5. The van der Waals surface area contributed by atoms with Gasteiger partial charge in [-0.2, -0.15) is 5.10 Å². The first-order valence-electron chi connectivity index (χ1n) is 6.92. The van der Waals surface area contributed by atoms with Crippen molar-refractivity contribution in [1.82, 2.24) is 9.78 Å². The lowest BCUT2D eigenvalue weighted by Crippen LogP contribution is -2.03. The summed E-state index contributed by atoms with van der Waals surface area (Å²) in [7, 11) is 1.88. The average molecular weight is 292 g/mol. The van der Waals surface area contributed by atoms with Crippen LogP contribution in [0, 0.1) is 13.8 Å². The van der Waals surface area contributed by atoms with E-state index in [4.69, 9.17) is 11.6 Å². The average Bonchev–Trinajstić information content (AvgIpc) is 2.68. The molecule has 2 rings (SSSR count). The number of aromatic nitrogens is 2. The summed E-state index contributed by atoms with van der Waals surface area (Å²) in [6.45, 7) is 9.21. The van der Waals surface area contributed by atoms with E-state index in [1.807, 2.05) is 7.05 Å². The van der Waals surface area contributed by atoms with Gasteiger partial charge in [-0.15, -0.1) is 0 Å². The number of nitrogens with zero attached hydrogens (tertiary/aromatic N) is 2. The summed E-state index contributed by atoms with van der Waals surface area (Å²) in [5, 5.41) is 8.65. The maximum atomic E-state index is 6.34. The lowest BCUT2D eigenvalue weighted by Gasteiger charge is -2.10. The molecule has 0 unspecified atom stereocenters. The second-order valence-corrected chi connectivity index (χ2v) is 5.94. The second kappa shape index (κ2) is 5.88. The molecule has 0 aliphatic rings. The van der Waals surface area contributed by atoms with Gasteiger partial charge in [0.25, 0.3) is 0 Å². The molecule has 0 spiro atoms. The lowest BCUT2D eigenvalue weighted by molar-refractivity contribution is 0.712. The van der Waals surface area contributed by atoms with Crippen molar-refractivity contribution in [3.05, 3.63) is 45.7 Å². The Bertz CT molecular complexity index is 614. The molecule has 2 aromatic rings. The number of hydrogen-bond acceptors (Lipinski definition) is 2. The molecule has 1 aromatic heterocycles. The first-order chi connectivity index (χ1) is 9.40. The van der Waals surface area contributed by atoms with Crippen molar-refractivity contribution in [3.63, 3.8) is 0 Å². The van der Waals surface area contributed by atoms with Crippen LogP contribution in [0.1, 0.15) is 42.1 Å². The first-order valence-corrected chi connectivity index (χ1v) is 7.30. The van der Waals surface area contributed by atoms with Gasteiger partial charge >= 0.3 is 0 Å². The minimum Gasteiger partial charge on any atom is -0.381 e. The molecular weight excluding hydrogens is 270 g/mol. The summed E-state index contributed by atoms with van der Waals surface area (Å²) in [5.74, 6) is 0.366. The maximum absolute atomic E-state index is 6.34. The van der Waals surface area contributed by atoms with E-state index in [1.165, 1.54) is 11.1 Å².